The SMILES string of the molecule is CC(C)C[C@@H](C)COc1ccc(-c2ccnc(NC3CCNCC3)c2)cc1C(F)(F)F. The van der Waals surface area contributed by atoms with Gasteiger partial charge in [0.25, 0.3) is 0 Å². The highest BCUT2D eigenvalue weighted by Gasteiger charge is 2.35. The lowest BCUT2D eigenvalue weighted by atomic mass is 9.99. The molecule has 7 heteroatoms. The normalized spacial score (nSPS) is 16.4. The molecule has 1 aliphatic rings. The third kappa shape index (κ3) is 6.86. The first-order chi connectivity index (χ1) is 14.7. The van der Waals surface area contributed by atoms with E-state index in [-0.39, 0.29) is 18.3 Å². The first-order valence-corrected chi connectivity index (χ1v) is 11.0. The Morgan fingerprint density at radius 2 is 1.81 bits per heavy atom. The molecule has 1 saturated heterocycles. The van der Waals surface area contributed by atoms with Crippen molar-refractivity contribution in [3.8, 4) is 16.9 Å². The molecule has 2 heterocycles. The number of benzene rings is 1. The quantitative estimate of drug-likeness (QED) is 0.534. The van der Waals surface area contributed by atoms with E-state index in [2.05, 4.69) is 29.5 Å². The summed E-state index contributed by atoms with van der Waals surface area (Å²) in [7, 11) is 0. The first kappa shape index (κ1) is 23.4. The lowest BCUT2D eigenvalue weighted by Crippen LogP contribution is -2.35. The highest BCUT2D eigenvalue weighted by molar-refractivity contribution is 5.68. The summed E-state index contributed by atoms with van der Waals surface area (Å²) in [5.74, 6) is 1.22. The summed E-state index contributed by atoms with van der Waals surface area (Å²) in [4.78, 5) is 4.34. The third-order valence-corrected chi connectivity index (χ3v) is 5.47. The van der Waals surface area contributed by atoms with Crippen molar-refractivity contribution in [1.29, 1.82) is 0 Å². The Hall–Kier alpha value is -2.28. The highest BCUT2D eigenvalue weighted by atomic mass is 19.4. The van der Waals surface area contributed by atoms with Gasteiger partial charge < -0.3 is 15.4 Å². The van der Waals surface area contributed by atoms with E-state index in [0.29, 0.717) is 28.9 Å². The van der Waals surface area contributed by atoms with Crippen LogP contribution in [0.1, 0.15) is 45.6 Å². The predicted molar refractivity (Wildman–Crippen MR) is 118 cm³/mol. The number of aromatic nitrogens is 1. The van der Waals surface area contributed by atoms with Gasteiger partial charge in [-0.15, -0.1) is 0 Å². The summed E-state index contributed by atoms with van der Waals surface area (Å²) in [5.41, 5.74) is 0.439. The van der Waals surface area contributed by atoms with Crippen molar-refractivity contribution < 1.29 is 17.9 Å². The number of piperidine rings is 1. The molecule has 0 amide bonds. The van der Waals surface area contributed by atoms with Gasteiger partial charge in [-0.2, -0.15) is 13.2 Å². The second kappa shape index (κ2) is 10.4. The van der Waals surface area contributed by atoms with Gasteiger partial charge in [0.05, 0.1) is 12.2 Å². The van der Waals surface area contributed by atoms with Crippen molar-refractivity contribution in [2.45, 2.75) is 52.3 Å². The zero-order valence-electron chi connectivity index (χ0n) is 18.4. The van der Waals surface area contributed by atoms with Gasteiger partial charge >= 0.3 is 6.18 Å². The minimum atomic E-state index is -4.49. The van der Waals surface area contributed by atoms with E-state index in [1.54, 1.807) is 18.3 Å². The van der Waals surface area contributed by atoms with Gasteiger partial charge in [-0.1, -0.05) is 26.8 Å². The second-order valence-corrected chi connectivity index (χ2v) is 8.85. The summed E-state index contributed by atoms with van der Waals surface area (Å²) in [6, 6.07) is 8.14. The molecule has 1 aliphatic heterocycles. The van der Waals surface area contributed by atoms with Crippen LogP contribution in [0.25, 0.3) is 11.1 Å². The molecule has 1 aromatic carbocycles. The van der Waals surface area contributed by atoms with Crippen molar-refractivity contribution in [3.63, 3.8) is 0 Å². The minimum absolute atomic E-state index is 0.117. The van der Waals surface area contributed by atoms with E-state index in [1.165, 1.54) is 12.1 Å². The van der Waals surface area contributed by atoms with Gasteiger partial charge in [0, 0.05) is 12.2 Å². The van der Waals surface area contributed by atoms with E-state index in [1.807, 2.05) is 13.0 Å². The van der Waals surface area contributed by atoms with Crippen LogP contribution in [0.2, 0.25) is 0 Å². The molecule has 170 valence electrons. The van der Waals surface area contributed by atoms with Crippen molar-refractivity contribution >= 4 is 5.82 Å². The number of ether oxygens (including phenoxy) is 1. The number of rotatable bonds is 8. The van der Waals surface area contributed by atoms with Gasteiger partial charge in [-0.3, -0.25) is 0 Å². The summed E-state index contributed by atoms with van der Waals surface area (Å²) in [6.07, 6.45) is 0.0277. The predicted octanol–water partition coefficient (Wildman–Crippen LogP) is 5.99. The molecular weight excluding hydrogens is 403 g/mol. The Bertz CT molecular complexity index is 848. The van der Waals surface area contributed by atoms with E-state index in [4.69, 9.17) is 4.74 Å². The molecule has 1 fully saturated rings. The second-order valence-electron chi connectivity index (χ2n) is 8.85. The largest absolute Gasteiger partial charge is 0.493 e. The number of hydrogen-bond acceptors (Lipinski definition) is 4. The zero-order valence-corrected chi connectivity index (χ0v) is 18.4. The zero-order chi connectivity index (χ0) is 22.4. The average molecular weight is 436 g/mol. The molecule has 0 aliphatic carbocycles. The fourth-order valence-corrected chi connectivity index (χ4v) is 4.03. The Kier molecular flexibility index (Phi) is 7.81. The Balaban J connectivity index is 1.79. The maximum Gasteiger partial charge on any atom is 0.419 e. The number of halogens is 3. The smallest absolute Gasteiger partial charge is 0.419 e. The number of nitrogens with one attached hydrogen (secondary N) is 2. The lowest BCUT2D eigenvalue weighted by Gasteiger charge is -2.24. The molecular formula is C24H32F3N3O. The van der Waals surface area contributed by atoms with Crippen LogP contribution in [0.15, 0.2) is 36.5 Å². The summed E-state index contributed by atoms with van der Waals surface area (Å²) in [6.45, 7) is 8.34. The number of anilines is 1. The Morgan fingerprint density at radius 3 is 2.48 bits per heavy atom. The molecule has 31 heavy (non-hydrogen) atoms. The van der Waals surface area contributed by atoms with Crippen LogP contribution in [0.5, 0.6) is 5.75 Å². The van der Waals surface area contributed by atoms with E-state index in [0.717, 1.165) is 32.4 Å². The molecule has 3 rings (SSSR count). The highest BCUT2D eigenvalue weighted by Crippen LogP contribution is 2.39. The van der Waals surface area contributed by atoms with Crippen LogP contribution in [-0.2, 0) is 6.18 Å². The van der Waals surface area contributed by atoms with Crippen molar-refractivity contribution in [2.24, 2.45) is 11.8 Å². The molecule has 0 bridgehead atoms. The first-order valence-electron chi connectivity index (χ1n) is 11.0. The summed E-state index contributed by atoms with van der Waals surface area (Å²) >= 11 is 0. The fourth-order valence-electron chi connectivity index (χ4n) is 4.03. The lowest BCUT2D eigenvalue weighted by molar-refractivity contribution is -0.139. The molecule has 2 aromatic rings. The third-order valence-electron chi connectivity index (χ3n) is 5.47. The van der Waals surface area contributed by atoms with Crippen LogP contribution in [0.4, 0.5) is 19.0 Å². The van der Waals surface area contributed by atoms with Gasteiger partial charge in [0.15, 0.2) is 0 Å². The maximum atomic E-state index is 13.8. The van der Waals surface area contributed by atoms with E-state index >= 15 is 0 Å². The van der Waals surface area contributed by atoms with Crippen molar-refractivity contribution in [2.75, 3.05) is 25.0 Å². The molecule has 1 aromatic heterocycles. The Labute approximate surface area is 182 Å². The van der Waals surface area contributed by atoms with Crippen molar-refractivity contribution in [1.82, 2.24) is 10.3 Å². The summed E-state index contributed by atoms with van der Waals surface area (Å²) < 4.78 is 46.9. The number of alkyl halides is 3. The number of nitrogens with zero attached hydrogens (tertiary/aromatic N) is 1. The van der Waals surface area contributed by atoms with Crippen molar-refractivity contribution in [3.05, 3.63) is 42.1 Å². The molecule has 0 unspecified atom stereocenters. The van der Waals surface area contributed by atoms with Gasteiger partial charge in [-0.25, -0.2) is 4.98 Å². The Morgan fingerprint density at radius 1 is 1.10 bits per heavy atom. The fraction of sp³-hybridized carbons (Fsp3) is 0.542. The number of hydrogen-bond donors (Lipinski definition) is 2. The van der Waals surface area contributed by atoms with Crippen LogP contribution >= 0.6 is 0 Å². The topological polar surface area (TPSA) is 46.2 Å². The molecule has 4 nitrogen and oxygen atoms in total. The molecule has 0 radical (unpaired) electrons. The van der Waals surface area contributed by atoms with Crippen LogP contribution in [0.3, 0.4) is 0 Å². The van der Waals surface area contributed by atoms with E-state index < -0.39 is 11.7 Å². The standard InChI is InChI=1S/C24H32F3N3O/c1-16(2)12-17(3)15-31-22-5-4-18(13-21(22)24(25,26)27)19-6-11-29-23(14-19)30-20-7-9-28-10-8-20/h4-6,11,13-14,16-17,20,28H,7-10,12,15H2,1-3H3,(H,29,30)/t17-/m1/s1. The summed E-state index contributed by atoms with van der Waals surface area (Å²) in [5, 5.41) is 6.71. The van der Waals surface area contributed by atoms with Crippen LogP contribution in [0, 0.1) is 11.8 Å². The van der Waals surface area contributed by atoms with Crippen LogP contribution < -0.4 is 15.4 Å². The molecule has 0 saturated carbocycles. The van der Waals surface area contributed by atoms with Gasteiger partial charge in [0.1, 0.15) is 11.6 Å². The minimum Gasteiger partial charge on any atom is -0.493 e. The van der Waals surface area contributed by atoms with Crippen LogP contribution in [-0.4, -0.2) is 30.7 Å². The van der Waals surface area contributed by atoms with Gasteiger partial charge in [0.2, 0.25) is 0 Å². The maximum absolute atomic E-state index is 13.8. The molecule has 1 atom stereocenters. The molecule has 2 N–H and O–H groups in total. The monoisotopic (exact) mass is 435 g/mol. The van der Waals surface area contributed by atoms with E-state index in [9.17, 15) is 13.2 Å². The molecule has 0 spiro atoms. The average Bonchev–Trinajstić information content (AvgIpc) is 2.72. The number of pyridine rings is 1. The van der Waals surface area contributed by atoms with Gasteiger partial charge in [-0.05, 0) is 79.6 Å².